The molecule has 168 valence electrons. The molecule has 1 heterocycles. The first-order valence-electron chi connectivity index (χ1n) is 10.0. The van der Waals surface area contributed by atoms with Crippen molar-refractivity contribution in [2.24, 2.45) is 11.7 Å². The summed E-state index contributed by atoms with van der Waals surface area (Å²) in [6.07, 6.45) is -0.787. The average Bonchev–Trinajstić information content (AvgIpc) is 3.11. The highest BCUT2D eigenvalue weighted by atomic mass is 16.6. The van der Waals surface area contributed by atoms with Crippen LogP contribution < -0.4 is 16.4 Å². The summed E-state index contributed by atoms with van der Waals surface area (Å²) in [4.78, 5) is 62.0. The van der Waals surface area contributed by atoms with E-state index in [0.717, 1.165) is 10.5 Å². The number of benzene rings is 1. The van der Waals surface area contributed by atoms with Gasteiger partial charge in [-0.2, -0.15) is 0 Å². The van der Waals surface area contributed by atoms with Crippen LogP contribution in [0.2, 0.25) is 0 Å². The molecule has 1 fully saturated rings. The number of nitrogens with two attached hydrogens (primary N) is 1. The van der Waals surface area contributed by atoms with Crippen molar-refractivity contribution in [3.8, 4) is 0 Å². The van der Waals surface area contributed by atoms with Crippen LogP contribution in [0.25, 0.3) is 0 Å². The predicted octanol–water partition coefficient (Wildman–Crippen LogP) is 0.445. The number of hydrogen-bond donors (Lipinski definition) is 3. The number of carbonyl (C=O) groups excluding carboxylic acids is 5. The lowest BCUT2D eigenvalue weighted by Crippen LogP contribution is -2.57. The van der Waals surface area contributed by atoms with Crippen molar-refractivity contribution in [2.75, 3.05) is 0 Å². The first-order valence-corrected chi connectivity index (χ1v) is 10.0. The Balaban J connectivity index is 2.05. The summed E-state index contributed by atoms with van der Waals surface area (Å²) in [5, 5.41) is 5.01. The normalized spacial score (nSPS) is 17.7. The second-order valence-electron chi connectivity index (χ2n) is 7.72. The van der Waals surface area contributed by atoms with Gasteiger partial charge in [-0.15, -0.1) is 0 Å². The molecule has 5 amide bonds. The highest BCUT2D eigenvalue weighted by Crippen LogP contribution is 2.21. The Bertz CT molecular complexity index is 842. The minimum atomic E-state index is -1.08. The summed E-state index contributed by atoms with van der Waals surface area (Å²) in [6.45, 7) is 4.82. The minimum absolute atomic E-state index is 0.00970. The Morgan fingerprint density at radius 2 is 1.77 bits per heavy atom. The van der Waals surface area contributed by atoms with E-state index in [2.05, 4.69) is 10.6 Å². The lowest BCUT2D eigenvalue weighted by molar-refractivity contribution is -0.136. The van der Waals surface area contributed by atoms with Gasteiger partial charge >= 0.3 is 6.09 Å². The predicted molar refractivity (Wildman–Crippen MR) is 110 cm³/mol. The van der Waals surface area contributed by atoms with E-state index >= 15 is 0 Å². The van der Waals surface area contributed by atoms with E-state index in [1.807, 2.05) is 6.07 Å². The van der Waals surface area contributed by atoms with Gasteiger partial charge in [0.2, 0.25) is 23.6 Å². The fourth-order valence-corrected chi connectivity index (χ4v) is 3.11. The second kappa shape index (κ2) is 10.6. The molecular formula is C21H28N4O6. The molecule has 0 spiro atoms. The van der Waals surface area contributed by atoms with Crippen LogP contribution in [0.5, 0.6) is 0 Å². The van der Waals surface area contributed by atoms with Gasteiger partial charge in [-0.3, -0.25) is 19.2 Å². The molecule has 10 nitrogen and oxygen atoms in total. The molecule has 1 saturated heterocycles. The van der Waals surface area contributed by atoms with Crippen molar-refractivity contribution in [1.29, 1.82) is 0 Å². The lowest BCUT2D eigenvalue weighted by atomic mass is 10.0. The van der Waals surface area contributed by atoms with Crippen LogP contribution in [0, 0.1) is 5.92 Å². The zero-order valence-corrected chi connectivity index (χ0v) is 17.8. The maximum Gasteiger partial charge on any atom is 0.417 e. The van der Waals surface area contributed by atoms with Gasteiger partial charge in [0.1, 0.15) is 24.7 Å². The zero-order valence-electron chi connectivity index (χ0n) is 17.8. The minimum Gasteiger partial charge on any atom is -0.444 e. The highest BCUT2D eigenvalue weighted by molar-refractivity contribution is 6.01. The van der Waals surface area contributed by atoms with E-state index in [0.29, 0.717) is 0 Å². The Morgan fingerprint density at radius 1 is 1.13 bits per heavy atom. The Kier molecular flexibility index (Phi) is 8.12. The van der Waals surface area contributed by atoms with Crippen molar-refractivity contribution in [1.82, 2.24) is 15.5 Å². The number of ether oxygens (including phenoxy) is 1. The average molecular weight is 432 g/mol. The van der Waals surface area contributed by atoms with E-state index in [1.54, 1.807) is 38.1 Å². The number of nitrogens with zero attached hydrogens (tertiary/aromatic N) is 1. The van der Waals surface area contributed by atoms with Gasteiger partial charge < -0.3 is 21.1 Å². The summed E-state index contributed by atoms with van der Waals surface area (Å²) in [5.74, 6) is -2.79. The maximum absolute atomic E-state index is 12.8. The topological polar surface area (TPSA) is 148 Å². The Hall–Kier alpha value is -3.43. The van der Waals surface area contributed by atoms with Gasteiger partial charge in [-0.25, -0.2) is 9.69 Å². The van der Waals surface area contributed by atoms with Crippen molar-refractivity contribution in [3.63, 3.8) is 0 Å². The first kappa shape index (κ1) is 23.8. The van der Waals surface area contributed by atoms with E-state index in [4.69, 9.17) is 10.5 Å². The number of primary amides is 1. The summed E-state index contributed by atoms with van der Waals surface area (Å²) in [7, 11) is 0. The third-order valence-corrected chi connectivity index (χ3v) is 4.95. The molecule has 1 aromatic rings. The monoisotopic (exact) mass is 432 g/mol. The van der Waals surface area contributed by atoms with Crippen molar-refractivity contribution < 1.29 is 28.7 Å². The molecule has 1 aromatic carbocycles. The molecular weight excluding hydrogens is 404 g/mol. The third-order valence-electron chi connectivity index (χ3n) is 4.95. The van der Waals surface area contributed by atoms with Crippen LogP contribution in [-0.4, -0.2) is 52.7 Å². The Morgan fingerprint density at radius 3 is 2.35 bits per heavy atom. The van der Waals surface area contributed by atoms with Crippen LogP contribution in [0.15, 0.2) is 30.3 Å². The van der Waals surface area contributed by atoms with Crippen LogP contribution in [0.3, 0.4) is 0 Å². The molecule has 2 rings (SSSR count). The van der Waals surface area contributed by atoms with Gasteiger partial charge in [0.05, 0.1) is 0 Å². The van der Waals surface area contributed by atoms with E-state index in [9.17, 15) is 24.0 Å². The molecule has 0 radical (unpaired) electrons. The largest absolute Gasteiger partial charge is 0.444 e. The number of imide groups is 1. The van der Waals surface area contributed by atoms with Crippen LogP contribution >= 0.6 is 0 Å². The smallest absolute Gasteiger partial charge is 0.417 e. The lowest BCUT2D eigenvalue weighted by Gasteiger charge is -2.27. The van der Waals surface area contributed by atoms with E-state index in [1.165, 1.54) is 6.92 Å². The maximum atomic E-state index is 12.8. The summed E-state index contributed by atoms with van der Waals surface area (Å²) < 4.78 is 5.20. The number of hydrogen-bond acceptors (Lipinski definition) is 6. The molecule has 0 bridgehead atoms. The molecule has 0 aliphatic carbocycles. The van der Waals surface area contributed by atoms with E-state index < -0.39 is 47.8 Å². The third kappa shape index (κ3) is 6.27. The molecule has 0 aromatic heterocycles. The molecule has 1 aliphatic rings. The fraction of sp³-hybridized carbons (Fsp3) is 0.476. The van der Waals surface area contributed by atoms with Gasteiger partial charge in [0.15, 0.2) is 0 Å². The zero-order chi connectivity index (χ0) is 23.1. The quantitative estimate of drug-likeness (QED) is 0.543. The number of amides is 5. The van der Waals surface area contributed by atoms with E-state index in [-0.39, 0.29) is 25.4 Å². The molecule has 4 N–H and O–H groups in total. The summed E-state index contributed by atoms with van der Waals surface area (Å²) in [6, 6.07) is 5.95. The molecule has 3 unspecified atom stereocenters. The van der Waals surface area contributed by atoms with Gasteiger partial charge in [0.25, 0.3) is 0 Å². The standard InChI is InChI=1S/C21H28N4O6/c1-12(2)17(20(29)23-13(3)18(22)27)24-19(28)15-9-10-16(26)25(15)21(30)31-11-14-7-5-4-6-8-14/h4-8,12-13,15,17H,9-11H2,1-3H3,(H2,22,27)(H,23,29)(H,24,28). The van der Waals surface area contributed by atoms with Crippen molar-refractivity contribution in [3.05, 3.63) is 35.9 Å². The first-order chi connectivity index (χ1) is 14.6. The Labute approximate surface area is 180 Å². The summed E-state index contributed by atoms with van der Waals surface area (Å²) in [5.41, 5.74) is 5.90. The van der Waals surface area contributed by atoms with Crippen molar-refractivity contribution in [2.45, 2.75) is 58.3 Å². The number of carbonyl (C=O) groups is 5. The molecule has 10 heteroatoms. The molecule has 31 heavy (non-hydrogen) atoms. The summed E-state index contributed by atoms with van der Waals surface area (Å²) >= 11 is 0. The highest BCUT2D eigenvalue weighted by Gasteiger charge is 2.42. The molecule has 1 aliphatic heterocycles. The van der Waals surface area contributed by atoms with Gasteiger partial charge in [0, 0.05) is 6.42 Å². The molecule has 3 atom stereocenters. The van der Waals surface area contributed by atoms with Gasteiger partial charge in [-0.1, -0.05) is 44.2 Å². The van der Waals surface area contributed by atoms with Crippen LogP contribution in [0.1, 0.15) is 39.2 Å². The molecule has 0 saturated carbocycles. The van der Waals surface area contributed by atoms with Gasteiger partial charge in [-0.05, 0) is 24.8 Å². The second-order valence-corrected chi connectivity index (χ2v) is 7.72. The number of nitrogens with one attached hydrogen (secondary N) is 2. The van der Waals surface area contributed by atoms with Crippen molar-refractivity contribution >= 4 is 29.7 Å². The number of likely N-dealkylation sites (tertiary alicyclic amines) is 1. The number of rotatable bonds is 8. The van der Waals surface area contributed by atoms with Crippen LogP contribution in [0.4, 0.5) is 4.79 Å². The fourth-order valence-electron chi connectivity index (χ4n) is 3.11. The SMILES string of the molecule is CC(NC(=O)C(NC(=O)C1CCC(=O)N1C(=O)OCc1ccccc1)C(C)C)C(N)=O. The van der Waals surface area contributed by atoms with Crippen LogP contribution in [-0.2, 0) is 30.5 Å².